The van der Waals surface area contributed by atoms with Crippen molar-refractivity contribution in [3.63, 3.8) is 0 Å². The number of nitrogens with zero attached hydrogens (tertiary/aromatic N) is 1. The molecule has 2 rings (SSSR count). The van der Waals surface area contributed by atoms with Crippen LogP contribution in [0.2, 0.25) is 0 Å². The van der Waals surface area contributed by atoms with E-state index in [1.165, 1.54) is 0 Å². The van der Waals surface area contributed by atoms with Crippen LogP contribution in [0, 0.1) is 0 Å². The summed E-state index contributed by atoms with van der Waals surface area (Å²) in [4.78, 5) is 26.2. The van der Waals surface area contributed by atoms with Gasteiger partial charge < -0.3 is 0 Å². The number of carbonyl (C=O) groups is 2. The van der Waals surface area contributed by atoms with Crippen LogP contribution in [0.25, 0.3) is 0 Å². The average molecular weight is 203 g/mol. The Morgan fingerprint density at radius 2 is 2.07 bits per heavy atom. The van der Waals surface area contributed by atoms with Gasteiger partial charge >= 0.3 is 0 Å². The molecule has 0 spiro atoms. The fourth-order valence-corrected chi connectivity index (χ4v) is 1.20. The van der Waals surface area contributed by atoms with Gasteiger partial charge in [-0.15, -0.1) is 0 Å². The van der Waals surface area contributed by atoms with Crippen molar-refractivity contribution in [2.45, 2.75) is 0 Å². The highest BCUT2D eigenvalue weighted by Crippen LogP contribution is 1.98. The van der Waals surface area contributed by atoms with Crippen LogP contribution in [0.5, 0.6) is 0 Å². The third kappa shape index (κ3) is 2.19. The Kier molecular flexibility index (Phi) is 2.45. The Hall–Kier alpha value is -2.17. The summed E-state index contributed by atoms with van der Waals surface area (Å²) in [7, 11) is 0. The first-order valence-electron chi connectivity index (χ1n) is 4.46. The quantitative estimate of drug-likeness (QED) is 0.669. The number of amides is 2. The molecule has 1 aromatic carbocycles. The first kappa shape index (κ1) is 9.39. The molecule has 0 aromatic heterocycles. The van der Waals surface area contributed by atoms with Crippen molar-refractivity contribution in [3.05, 3.63) is 35.9 Å². The van der Waals surface area contributed by atoms with Crippen molar-refractivity contribution < 1.29 is 9.59 Å². The summed E-state index contributed by atoms with van der Waals surface area (Å²) in [5.74, 6) is -0.274. The van der Waals surface area contributed by atoms with Gasteiger partial charge in [-0.25, -0.2) is 4.99 Å². The molecule has 0 atom stereocenters. The fourth-order valence-electron chi connectivity index (χ4n) is 1.20. The zero-order chi connectivity index (χ0) is 10.7. The predicted octanol–water partition coefficient (Wildman–Crippen LogP) is -0.0978. The van der Waals surface area contributed by atoms with Gasteiger partial charge in [0.15, 0.2) is 0 Å². The van der Waals surface area contributed by atoms with Crippen molar-refractivity contribution in [2.24, 2.45) is 4.99 Å². The molecule has 0 bridgehead atoms. The summed E-state index contributed by atoms with van der Waals surface area (Å²) in [5, 5.41) is 4.94. The van der Waals surface area contributed by atoms with Crippen LogP contribution in [-0.2, 0) is 4.79 Å². The molecule has 0 radical (unpaired) electrons. The van der Waals surface area contributed by atoms with E-state index in [0.29, 0.717) is 5.56 Å². The van der Waals surface area contributed by atoms with Crippen LogP contribution in [0.15, 0.2) is 35.3 Å². The molecule has 0 fully saturated rings. The number of guanidine groups is 1. The molecule has 0 aliphatic carbocycles. The first-order chi connectivity index (χ1) is 7.25. The lowest BCUT2D eigenvalue weighted by molar-refractivity contribution is -0.117. The fraction of sp³-hybridized carbons (Fsp3) is 0.100. The molecule has 0 saturated heterocycles. The second-order valence-corrected chi connectivity index (χ2v) is 3.03. The third-order valence-electron chi connectivity index (χ3n) is 1.91. The molecule has 1 aliphatic rings. The van der Waals surface area contributed by atoms with Crippen LogP contribution in [0.1, 0.15) is 10.4 Å². The Bertz CT molecular complexity index is 426. The summed E-state index contributed by atoms with van der Waals surface area (Å²) >= 11 is 0. The van der Waals surface area contributed by atoms with Gasteiger partial charge in [0.05, 0.1) is 0 Å². The highest BCUT2D eigenvalue weighted by atomic mass is 16.2. The summed E-state index contributed by atoms with van der Waals surface area (Å²) in [6, 6.07) is 8.73. The maximum Gasteiger partial charge on any atom is 0.257 e. The van der Waals surface area contributed by atoms with E-state index >= 15 is 0 Å². The number of nitrogens with one attached hydrogen (secondary N) is 2. The summed E-state index contributed by atoms with van der Waals surface area (Å²) in [5.41, 5.74) is 0.529. The van der Waals surface area contributed by atoms with Crippen molar-refractivity contribution in [2.75, 3.05) is 6.54 Å². The molecule has 2 amide bonds. The highest BCUT2D eigenvalue weighted by molar-refractivity contribution is 6.12. The van der Waals surface area contributed by atoms with Gasteiger partial charge in [-0.3, -0.25) is 20.2 Å². The van der Waals surface area contributed by atoms with Crippen molar-refractivity contribution in [3.8, 4) is 0 Å². The molecule has 15 heavy (non-hydrogen) atoms. The van der Waals surface area contributed by atoms with Gasteiger partial charge in [0.1, 0.15) is 6.54 Å². The standard InChI is InChI=1S/C10H9N3O2/c14-8-6-11-10(12-8)13-9(15)7-4-2-1-3-5-7/h1-5H,6H2,(H2,11,12,13,14,15). The van der Waals surface area contributed by atoms with E-state index in [-0.39, 0.29) is 24.3 Å². The lowest BCUT2D eigenvalue weighted by Gasteiger charge is -2.03. The van der Waals surface area contributed by atoms with E-state index in [4.69, 9.17) is 0 Å². The van der Waals surface area contributed by atoms with E-state index in [1.54, 1.807) is 24.3 Å². The minimum atomic E-state index is -0.281. The number of hydrogen-bond donors (Lipinski definition) is 2. The Labute approximate surface area is 86.2 Å². The monoisotopic (exact) mass is 203 g/mol. The van der Waals surface area contributed by atoms with Crippen LogP contribution in [0.3, 0.4) is 0 Å². The van der Waals surface area contributed by atoms with Crippen molar-refractivity contribution >= 4 is 17.8 Å². The van der Waals surface area contributed by atoms with Gasteiger partial charge in [-0.2, -0.15) is 0 Å². The van der Waals surface area contributed by atoms with E-state index in [0.717, 1.165) is 0 Å². The van der Waals surface area contributed by atoms with Crippen molar-refractivity contribution in [1.29, 1.82) is 0 Å². The number of rotatable bonds is 1. The Balaban J connectivity index is 2.02. The third-order valence-corrected chi connectivity index (χ3v) is 1.91. The smallest absolute Gasteiger partial charge is 0.257 e. The second kappa shape index (κ2) is 3.91. The van der Waals surface area contributed by atoms with E-state index in [2.05, 4.69) is 15.6 Å². The Morgan fingerprint density at radius 1 is 1.33 bits per heavy atom. The zero-order valence-corrected chi connectivity index (χ0v) is 7.86. The summed E-state index contributed by atoms with van der Waals surface area (Å²) in [6.07, 6.45) is 0. The number of benzene rings is 1. The van der Waals surface area contributed by atoms with E-state index in [9.17, 15) is 9.59 Å². The number of carbonyl (C=O) groups excluding carboxylic acids is 2. The SMILES string of the molecule is O=C1CN=C(NC(=O)c2ccccc2)N1. The molecule has 1 heterocycles. The largest absolute Gasteiger partial charge is 0.295 e. The second-order valence-electron chi connectivity index (χ2n) is 3.03. The van der Waals surface area contributed by atoms with Crippen molar-refractivity contribution in [1.82, 2.24) is 10.6 Å². The molecule has 76 valence electrons. The van der Waals surface area contributed by atoms with Gasteiger partial charge in [0.2, 0.25) is 11.9 Å². The van der Waals surface area contributed by atoms with Crippen LogP contribution in [-0.4, -0.2) is 24.3 Å². The zero-order valence-electron chi connectivity index (χ0n) is 7.86. The molecule has 0 unspecified atom stereocenters. The highest BCUT2D eigenvalue weighted by Gasteiger charge is 2.15. The molecular formula is C10H9N3O2. The lowest BCUT2D eigenvalue weighted by atomic mass is 10.2. The first-order valence-corrected chi connectivity index (χ1v) is 4.46. The van der Waals surface area contributed by atoms with Gasteiger partial charge in [0, 0.05) is 5.56 Å². The number of hydrogen-bond acceptors (Lipinski definition) is 3. The summed E-state index contributed by atoms with van der Waals surface area (Å²) in [6.45, 7) is 0.0738. The molecule has 5 heteroatoms. The van der Waals surface area contributed by atoms with E-state index in [1.807, 2.05) is 6.07 Å². The maximum absolute atomic E-state index is 11.6. The van der Waals surface area contributed by atoms with Crippen LogP contribution < -0.4 is 10.6 Å². The predicted molar refractivity (Wildman–Crippen MR) is 54.4 cm³/mol. The van der Waals surface area contributed by atoms with Crippen LogP contribution >= 0.6 is 0 Å². The molecule has 1 aliphatic heterocycles. The minimum absolute atomic E-state index is 0.0738. The molecule has 5 nitrogen and oxygen atoms in total. The molecule has 2 N–H and O–H groups in total. The summed E-state index contributed by atoms with van der Waals surface area (Å²) < 4.78 is 0. The maximum atomic E-state index is 11.6. The van der Waals surface area contributed by atoms with Gasteiger partial charge in [-0.05, 0) is 12.1 Å². The molecule has 0 saturated carbocycles. The van der Waals surface area contributed by atoms with E-state index < -0.39 is 0 Å². The number of aliphatic imine (C=N–C) groups is 1. The Morgan fingerprint density at radius 3 is 2.67 bits per heavy atom. The molecular weight excluding hydrogens is 194 g/mol. The van der Waals surface area contributed by atoms with Crippen LogP contribution in [0.4, 0.5) is 0 Å². The van der Waals surface area contributed by atoms with Gasteiger partial charge in [-0.1, -0.05) is 18.2 Å². The van der Waals surface area contributed by atoms with Gasteiger partial charge in [0.25, 0.3) is 5.91 Å². The lowest BCUT2D eigenvalue weighted by Crippen LogP contribution is -2.39. The normalized spacial score (nSPS) is 14.4. The topological polar surface area (TPSA) is 70.6 Å². The average Bonchev–Trinajstić information content (AvgIpc) is 2.65. The minimum Gasteiger partial charge on any atom is -0.295 e. The molecule has 1 aromatic rings.